The molecule has 0 aliphatic carbocycles. The van der Waals surface area contributed by atoms with E-state index in [0.717, 1.165) is 25.9 Å². The van der Waals surface area contributed by atoms with Crippen LogP contribution in [0.25, 0.3) is 0 Å². The summed E-state index contributed by atoms with van der Waals surface area (Å²) in [7, 11) is -3.81. The maximum absolute atomic E-state index is 12.5. The zero-order valence-electron chi connectivity index (χ0n) is 12.9. The van der Waals surface area contributed by atoms with Crippen LogP contribution in [0.2, 0.25) is 5.02 Å². The smallest absolute Gasteiger partial charge is 0.263 e. The van der Waals surface area contributed by atoms with E-state index in [0.29, 0.717) is 11.3 Å². The van der Waals surface area contributed by atoms with Crippen molar-refractivity contribution in [1.82, 2.24) is 4.90 Å². The Hall–Kier alpha value is -2.05. The lowest BCUT2D eigenvalue weighted by molar-refractivity contribution is 0.0793. The van der Waals surface area contributed by atoms with Crippen LogP contribution in [-0.2, 0) is 10.0 Å². The van der Waals surface area contributed by atoms with E-state index in [2.05, 4.69) is 4.72 Å². The largest absolute Gasteiger partial charge is 0.339 e. The van der Waals surface area contributed by atoms with Crippen LogP contribution < -0.4 is 4.72 Å². The number of hydrogen-bond acceptors (Lipinski definition) is 3. The van der Waals surface area contributed by atoms with Crippen molar-refractivity contribution >= 4 is 33.2 Å². The molecule has 24 heavy (non-hydrogen) atoms. The number of hydrogen-bond donors (Lipinski definition) is 1. The lowest BCUT2D eigenvalue weighted by Crippen LogP contribution is -2.27. The van der Waals surface area contributed by atoms with E-state index in [1.165, 1.54) is 12.1 Å². The maximum atomic E-state index is 12.5. The average Bonchev–Trinajstić information content (AvgIpc) is 3.08. The van der Waals surface area contributed by atoms with Gasteiger partial charge in [-0.2, -0.15) is 0 Å². The molecule has 1 fully saturated rings. The number of rotatable bonds is 4. The van der Waals surface area contributed by atoms with Crippen LogP contribution in [0.15, 0.2) is 53.4 Å². The third kappa shape index (κ3) is 3.55. The zero-order valence-corrected chi connectivity index (χ0v) is 14.5. The van der Waals surface area contributed by atoms with E-state index in [1.54, 1.807) is 41.3 Å². The van der Waals surface area contributed by atoms with Gasteiger partial charge in [-0.05, 0) is 43.2 Å². The lowest BCUT2D eigenvalue weighted by Gasteiger charge is -2.16. The van der Waals surface area contributed by atoms with Gasteiger partial charge in [-0.25, -0.2) is 8.42 Å². The molecule has 1 aliphatic heterocycles. The van der Waals surface area contributed by atoms with Gasteiger partial charge in [-0.3, -0.25) is 9.52 Å². The summed E-state index contributed by atoms with van der Waals surface area (Å²) in [5.41, 5.74) is 0.802. The van der Waals surface area contributed by atoms with Crippen LogP contribution in [-0.4, -0.2) is 32.3 Å². The number of nitrogens with zero attached hydrogens (tertiary/aromatic N) is 1. The number of sulfonamides is 1. The van der Waals surface area contributed by atoms with Gasteiger partial charge in [0.1, 0.15) is 4.90 Å². The molecular formula is C17H17ClN2O3S. The van der Waals surface area contributed by atoms with Crippen molar-refractivity contribution < 1.29 is 13.2 Å². The topological polar surface area (TPSA) is 66.5 Å². The highest BCUT2D eigenvalue weighted by Gasteiger charge is 2.21. The molecule has 1 N–H and O–H groups in total. The molecule has 3 rings (SSSR count). The standard InChI is InChI=1S/C17H17ClN2O3S/c18-15-8-1-2-9-16(15)24(22,23)19-14-7-5-6-13(12-14)17(21)20-10-3-4-11-20/h1-2,5-9,12,19H,3-4,10-11H2. The first-order valence-corrected chi connectivity index (χ1v) is 9.50. The molecule has 2 aromatic rings. The SMILES string of the molecule is O=C(c1cccc(NS(=O)(=O)c2ccccc2Cl)c1)N1CCCC1. The molecule has 0 atom stereocenters. The zero-order chi connectivity index (χ0) is 17.2. The van der Waals surface area contributed by atoms with E-state index < -0.39 is 10.0 Å². The number of halogens is 1. The Morgan fingerprint density at radius 1 is 1.04 bits per heavy atom. The highest BCUT2D eigenvalue weighted by molar-refractivity contribution is 7.92. The Labute approximate surface area is 146 Å². The fourth-order valence-corrected chi connectivity index (χ4v) is 4.26. The predicted octanol–water partition coefficient (Wildman–Crippen LogP) is 3.38. The van der Waals surface area contributed by atoms with Crippen LogP contribution in [0.3, 0.4) is 0 Å². The molecule has 0 radical (unpaired) electrons. The molecule has 7 heteroatoms. The van der Waals surface area contributed by atoms with Gasteiger partial charge in [0.15, 0.2) is 0 Å². The Morgan fingerprint density at radius 3 is 2.46 bits per heavy atom. The summed E-state index contributed by atoms with van der Waals surface area (Å²) in [4.78, 5) is 14.2. The molecule has 2 aromatic carbocycles. The van der Waals surface area contributed by atoms with Gasteiger partial charge in [0, 0.05) is 24.3 Å². The molecule has 1 heterocycles. The predicted molar refractivity (Wildman–Crippen MR) is 93.8 cm³/mol. The van der Waals surface area contributed by atoms with Crippen LogP contribution >= 0.6 is 11.6 Å². The quantitative estimate of drug-likeness (QED) is 0.904. The summed E-state index contributed by atoms with van der Waals surface area (Å²) in [6, 6.07) is 12.7. The van der Waals surface area contributed by atoms with Crippen LogP contribution in [0, 0.1) is 0 Å². The molecule has 5 nitrogen and oxygen atoms in total. The van der Waals surface area contributed by atoms with Crippen molar-refractivity contribution in [3.8, 4) is 0 Å². The van der Waals surface area contributed by atoms with E-state index in [4.69, 9.17) is 11.6 Å². The van der Waals surface area contributed by atoms with Gasteiger partial charge in [-0.15, -0.1) is 0 Å². The Morgan fingerprint density at radius 2 is 1.75 bits per heavy atom. The second kappa shape index (κ2) is 6.83. The first kappa shape index (κ1) is 16.8. The fourth-order valence-electron chi connectivity index (χ4n) is 2.69. The average molecular weight is 365 g/mol. The molecule has 0 spiro atoms. The minimum atomic E-state index is -3.81. The van der Waals surface area contributed by atoms with Crippen LogP contribution in [0.1, 0.15) is 23.2 Å². The lowest BCUT2D eigenvalue weighted by atomic mass is 10.2. The van der Waals surface area contributed by atoms with E-state index in [9.17, 15) is 13.2 Å². The normalized spacial score (nSPS) is 14.6. The van der Waals surface area contributed by atoms with Gasteiger partial charge >= 0.3 is 0 Å². The summed E-state index contributed by atoms with van der Waals surface area (Å²) in [6.07, 6.45) is 2.01. The molecule has 0 aromatic heterocycles. The minimum absolute atomic E-state index is 0.00272. The van der Waals surface area contributed by atoms with Crippen molar-refractivity contribution in [3.05, 3.63) is 59.1 Å². The third-order valence-corrected chi connectivity index (χ3v) is 5.76. The molecule has 1 saturated heterocycles. The Balaban J connectivity index is 1.84. The molecular weight excluding hydrogens is 348 g/mol. The van der Waals surface area contributed by atoms with E-state index in [1.807, 2.05) is 0 Å². The summed E-state index contributed by atoms with van der Waals surface area (Å²) in [5.74, 6) is -0.0775. The number of carbonyl (C=O) groups is 1. The first-order chi connectivity index (χ1) is 11.5. The fraction of sp³-hybridized carbons (Fsp3) is 0.235. The first-order valence-electron chi connectivity index (χ1n) is 7.64. The molecule has 0 unspecified atom stereocenters. The minimum Gasteiger partial charge on any atom is -0.339 e. The van der Waals surface area contributed by atoms with E-state index in [-0.39, 0.29) is 15.8 Å². The number of likely N-dealkylation sites (tertiary alicyclic amines) is 1. The van der Waals surface area contributed by atoms with Crippen molar-refractivity contribution in [2.45, 2.75) is 17.7 Å². The van der Waals surface area contributed by atoms with Crippen molar-refractivity contribution in [3.63, 3.8) is 0 Å². The van der Waals surface area contributed by atoms with Crippen LogP contribution in [0.4, 0.5) is 5.69 Å². The van der Waals surface area contributed by atoms with Gasteiger partial charge in [-0.1, -0.05) is 29.8 Å². The second-order valence-electron chi connectivity index (χ2n) is 5.62. The molecule has 0 bridgehead atoms. The summed E-state index contributed by atoms with van der Waals surface area (Å²) in [5, 5.41) is 0.147. The van der Waals surface area contributed by atoms with Gasteiger partial charge in [0.2, 0.25) is 0 Å². The van der Waals surface area contributed by atoms with Gasteiger partial charge in [0.05, 0.1) is 5.02 Å². The summed E-state index contributed by atoms with van der Waals surface area (Å²) >= 11 is 5.96. The monoisotopic (exact) mass is 364 g/mol. The van der Waals surface area contributed by atoms with Crippen LogP contribution in [0.5, 0.6) is 0 Å². The Bertz CT molecular complexity index is 862. The molecule has 0 saturated carbocycles. The number of benzene rings is 2. The van der Waals surface area contributed by atoms with Crippen molar-refractivity contribution in [1.29, 1.82) is 0 Å². The van der Waals surface area contributed by atoms with Gasteiger partial charge < -0.3 is 4.90 Å². The number of nitrogens with one attached hydrogen (secondary N) is 1. The molecule has 126 valence electrons. The molecule has 1 aliphatic rings. The molecule has 1 amide bonds. The summed E-state index contributed by atoms with van der Waals surface area (Å²) in [6.45, 7) is 1.49. The van der Waals surface area contributed by atoms with E-state index >= 15 is 0 Å². The Kier molecular flexibility index (Phi) is 4.78. The number of carbonyl (C=O) groups excluding carboxylic acids is 1. The maximum Gasteiger partial charge on any atom is 0.263 e. The van der Waals surface area contributed by atoms with Crippen molar-refractivity contribution in [2.24, 2.45) is 0 Å². The van der Waals surface area contributed by atoms with Crippen molar-refractivity contribution in [2.75, 3.05) is 17.8 Å². The third-order valence-electron chi connectivity index (χ3n) is 3.88. The highest BCUT2D eigenvalue weighted by Crippen LogP contribution is 2.24. The number of anilines is 1. The number of amides is 1. The summed E-state index contributed by atoms with van der Waals surface area (Å²) < 4.78 is 27.4. The van der Waals surface area contributed by atoms with Gasteiger partial charge in [0.25, 0.3) is 15.9 Å². The second-order valence-corrected chi connectivity index (χ2v) is 7.67. The highest BCUT2D eigenvalue weighted by atomic mass is 35.5.